The molecule has 0 unspecified atom stereocenters. The van der Waals surface area contributed by atoms with Gasteiger partial charge in [0, 0.05) is 31.9 Å². The van der Waals surface area contributed by atoms with Crippen LogP contribution < -0.4 is 5.32 Å². The summed E-state index contributed by atoms with van der Waals surface area (Å²) in [6, 6.07) is 3.68. The first-order chi connectivity index (χ1) is 12.8. The van der Waals surface area contributed by atoms with Crippen molar-refractivity contribution in [1.29, 1.82) is 0 Å². The fraction of sp³-hybridized carbons (Fsp3) is 0.611. The second-order valence-corrected chi connectivity index (χ2v) is 9.66. The zero-order valence-electron chi connectivity index (χ0n) is 15.7. The van der Waals surface area contributed by atoms with E-state index in [-0.39, 0.29) is 24.1 Å². The Bertz CT molecular complexity index is 810. The molecule has 1 spiro atoms. The van der Waals surface area contributed by atoms with Crippen LogP contribution in [0.25, 0.3) is 0 Å². The van der Waals surface area contributed by atoms with E-state index in [9.17, 15) is 13.2 Å². The Morgan fingerprint density at radius 2 is 2.26 bits per heavy atom. The number of aromatic nitrogens is 1. The fourth-order valence-corrected chi connectivity index (χ4v) is 5.36. The van der Waals surface area contributed by atoms with Crippen molar-refractivity contribution in [2.75, 3.05) is 18.8 Å². The van der Waals surface area contributed by atoms with Gasteiger partial charge in [0.2, 0.25) is 10.0 Å². The predicted molar refractivity (Wildman–Crippen MR) is 101 cm³/mol. The molecule has 8 nitrogen and oxygen atoms in total. The molecule has 3 rings (SSSR count). The summed E-state index contributed by atoms with van der Waals surface area (Å²) in [7, 11) is -3.34. The van der Waals surface area contributed by atoms with Crippen LogP contribution in [0, 0.1) is 5.92 Å². The molecule has 0 saturated carbocycles. The molecule has 1 saturated heterocycles. The summed E-state index contributed by atoms with van der Waals surface area (Å²) in [6.45, 7) is 4.86. The van der Waals surface area contributed by atoms with Crippen molar-refractivity contribution in [2.24, 2.45) is 11.1 Å². The van der Waals surface area contributed by atoms with Gasteiger partial charge in [0.15, 0.2) is 5.60 Å². The maximum atomic E-state index is 12.6. The van der Waals surface area contributed by atoms with Crippen molar-refractivity contribution in [2.45, 2.75) is 45.3 Å². The van der Waals surface area contributed by atoms with Gasteiger partial charge >= 0.3 is 0 Å². The average molecular weight is 394 g/mol. The van der Waals surface area contributed by atoms with Crippen LogP contribution in [0.1, 0.15) is 38.7 Å². The Kier molecular flexibility index (Phi) is 5.81. The summed E-state index contributed by atoms with van der Waals surface area (Å²) in [5, 5.41) is 6.78. The first kappa shape index (κ1) is 19.8. The van der Waals surface area contributed by atoms with E-state index in [0.717, 1.165) is 5.56 Å². The van der Waals surface area contributed by atoms with Crippen LogP contribution >= 0.6 is 0 Å². The monoisotopic (exact) mass is 394 g/mol. The van der Waals surface area contributed by atoms with Gasteiger partial charge in [-0.1, -0.05) is 25.1 Å². The van der Waals surface area contributed by atoms with Crippen molar-refractivity contribution in [3.8, 4) is 0 Å². The zero-order valence-corrected chi connectivity index (χ0v) is 16.5. The predicted octanol–water partition coefficient (Wildman–Crippen LogP) is 1.29. The Morgan fingerprint density at radius 1 is 1.44 bits per heavy atom. The van der Waals surface area contributed by atoms with Crippen LogP contribution in [0.3, 0.4) is 0 Å². The lowest BCUT2D eigenvalue weighted by atomic mass is 9.89. The maximum absolute atomic E-state index is 12.6. The minimum atomic E-state index is -3.34. The number of rotatable bonds is 6. The van der Waals surface area contributed by atoms with Crippen molar-refractivity contribution < 1.29 is 18.0 Å². The number of piperidine rings is 1. The standard InChI is InChI=1S/C18H26N4O4S/c1-14(2)12-27(24,25)22-8-4-6-18(13-22)9-16(21-26-18)17(23)20-11-15-5-3-7-19-10-15/h3,5,7,10,14H,4,6,8-9,11-13H2,1-2H3,(H,20,23)/t18-/m1/s1. The molecule has 0 radical (unpaired) electrons. The van der Waals surface area contributed by atoms with Gasteiger partial charge in [-0.15, -0.1) is 0 Å². The van der Waals surface area contributed by atoms with E-state index >= 15 is 0 Å². The number of hydrogen-bond acceptors (Lipinski definition) is 6. The molecule has 9 heteroatoms. The van der Waals surface area contributed by atoms with E-state index in [2.05, 4.69) is 15.5 Å². The quantitative estimate of drug-likeness (QED) is 0.784. The normalized spacial score (nSPS) is 23.3. The Labute approximate surface area is 160 Å². The van der Waals surface area contributed by atoms with E-state index in [1.54, 1.807) is 18.5 Å². The number of amides is 1. The molecule has 0 aliphatic carbocycles. The number of nitrogens with one attached hydrogen (secondary N) is 1. The third-order valence-electron chi connectivity index (χ3n) is 4.72. The Hall–Kier alpha value is -2.00. The summed E-state index contributed by atoms with van der Waals surface area (Å²) < 4.78 is 26.6. The number of pyridine rings is 1. The topological polar surface area (TPSA) is 101 Å². The lowest BCUT2D eigenvalue weighted by Gasteiger charge is -2.37. The number of sulfonamides is 1. The van der Waals surface area contributed by atoms with Gasteiger partial charge < -0.3 is 10.2 Å². The summed E-state index contributed by atoms with van der Waals surface area (Å²) in [4.78, 5) is 22.0. The highest BCUT2D eigenvalue weighted by atomic mass is 32.2. The minimum Gasteiger partial charge on any atom is -0.387 e. The molecule has 1 aromatic rings. The summed E-state index contributed by atoms with van der Waals surface area (Å²) in [6.07, 6.45) is 5.06. The highest BCUT2D eigenvalue weighted by molar-refractivity contribution is 7.89. The minimum absolute atomic E-state index is 0.0578. The second kappa shape index (κ2) is 7.93. The maximum Gasteiger partial charge on any atom is 0.269 e. The molecule has 27 heavy (non-hydrogen) atoms. The van der Waals surface area contributed by atoms with Crippen molar-refractivity contribution in [3.05, 3.63) is 30.1 Å². The van der Waals surface area contributed by atoms with E-state index in [0.29, 0.717) is 38.1 Å². The van der Waals surface area contributed by atoms with E-state index in [1.165, 1.54) is 4.31 Å². The zero-order chi connectivity index (χ0) is 19.5. The van der Waals surface area contributed by atoms with Gasteiger partial charge in [0.1, 0.15) is 5.71 Å². The molecule has 3 heterocycles. The molecular formula is C18H26N4O4S. The van der Waals surface area contributed by atoms with Crippen LogP contribution in [0.5, 0.6) is 0 Å². The van der Waals surface area contributed by atoms with E-state index < -0.39 is 15.6 Å². The number of oxime groups is 1. The molecule has 1 amide bonds. The highest BCUT2D eigenvalue weighted by Gasteiger charge is 2.47. The van der Waals surface area contributed by atoms with Crippen molar-refractivity contribution in [3.63, 3.8) is 0 Å². The van der Waals surface area contributed by atoms with Crippen LogP contribution in [0.2, 0.25) is 0 Å². The van der Waals surface area contributed by atoms with Gasteiger partial charge in [-0.25, -0.2) is 8.42 Å². The molecule has 1 atom stereocenters. The fourth-order valence-electron chi connectivity index (χ4n) is 3.47. The average Bonchev–Trinajstić information content (AvgIpc) is 3.03. The van der Waals surface area contributed by atoms with Crippen molar-refractivity contribution in [1.82, 2.24) is 14.6 Å². The number of carbonyl (C=O) groups excluding carboxylic acids is 1. The number of nitrogens with zero attached hydrogens (tertiary/aromatic N) is 3. The molecule has 2 aliphatic rings. The van der Waals surface area contributed by atoms with Gasteiger partial charge in [0.25, 0.3) is 5.91 Å². The lowest BCUT2D eigenvalue weighted by Crippen LogP contribution is -2.51. The van der Waals surface area contributed by atoms with Gasteiger partial charge in [-0.3, -0.25) is 9.78 Å². The summed E-state index contributed by atoms with van der Waals surface area (Å²) in [5.74, 6) is -0.122. The van der Waals surface area contributed by atoms with Crippen LogP contribution in [0.15, 0.2) is 29.7 Å². The van der Waals surface area contributed by atoms with E-state index in [4.69, 9.17) is 4.84 Å². The molecule has 1 aromatic heterocycles. The Balaban J connectivity index is 1.59. The van der Waals surface area contributed by atoms with Crippen LogP contribution in [-0.4, -0.2) is 53.8 Å². The first-order valence-electron chi connectivity index (χ1n) is 9.20. The lowest BCUT2D eigenvalue weighted by molar-refractivity contribution is -0.115. The highest BCUT2D eigenvalue weighted by Crippen LogP contribution is 2.34. The molecule has 2 aliphatic heterocycles. The number of carbonyl (C=O) groups is 1. The molecule has 1 N–H and O–H groups in total. The third kappa shape index (κ3) is 4.84. The summed E-state index contributed by atoms with van der Waals surface area (Å²) >= 11 is 0. The van der Waals surface area contributed by atoms with Gasteiger partial charge in [-0.2, -0.15) is 4.31 Å². The van der Waals surface area contributed by atoms with E-state index in [1.807, 2.05) is 19.9 Å². The number of hydrogen-bond donors (Lipinski definition) is 1. The SMILES string of the molecule is CC(C)CS(=O)(=O)N1CCC[C@@]2(CC(C(=O)NCc3cccnc3)=NO2)C1. The molecular weight excluding hydrogens is 368 g/mol. The van der Waals surface area contributed by atoms with Crippen LogP contribution in [-0.2, 0) is 26.2 Å². The first-order valence-corrected chi connectivity index (χ1v) is 10.8. The van der Waals surface area contributed by atoms with Crippen molar-refractivity contribution >= 4 is 21.6 Å². The second-order valence-electron chi connectivity index (χ2n) is 7.64. The molecule has 0 bridgehead atoms. The molecule has 1 fully saturated rings. The van der Waals surface area contributed by atoms with Crippen LogP contribution in [0.4, 0.5) is 0 Å². The molecule has 0 aromatic carbocycles. The van der Waals surface area contributed by atoms with Gasteiger partial charge in [0.05, 0.1) is 12.3 Å². The van der Waals surface area contributed by atoms with Gasteiger partial charge in [-0.05, 0) is 30.4 Å². The largest absolute Gasteiger partial charge is 0.387 e. The molecule has 148 valence electrons. The summed E-state index contributed by atoms with van der Waals surface area (Å²) in [5.41, 5.74) is 0.467. The Morgan fingerprint density at radius 3 is 2.96 bits per heavy atom. The third-order valence-corrected chi connectivity index (χ3v) is 6.91. The smallest absolute Gasteiger partial charge is 0.269 e.